The Morgan fingerprint density at radius 1 is 1.16 bits per heavy atom. The van der Waals surface area contributed by atoms with Crippen LogP contribution in [0.15, 0.2) is 30.3 Å². The van der Waals surface area contributed by atoms with Crippen LogP contribution in [0, 0.1) is 19.8 Å². The standard InChI is InChI=1S/C18H21F3N4/c1-12-9-13(2)24-17(23-12)25-8-7-14(11-25)10-22-16-6-4-3-5-15(16)18(19,20)21/h3-6,9,14,22H,7-8,10-11H2,1-2H3. The van der Waals surface area contributed by atoms with Crippen molar-refractivity contribution in [2.24, 2.45) is 5.92 Å². The highest BCUT2D eigenvalue weighted by Crippen LogP contribution is 2.34. The Bertz CT molecular complexity index is 725. The van der Waals surface area contributed by atoms with Gasteiger partial charge in [0.25, 0.3) is 0 Å². The summed E-state index contributed by atoms with van der Waals surface area (Å²) >= 11 is 0. The maximum absolute atomic E-state index is 13.0. The summed E-state index contributed by atoms with van der Waals surface area (Å²) in [6, 6.07) is 7.52. The smallest absolute Gasteiger partial charge is 0.384 e. The van der Waals surface area contributed by atoms with E-state index in [1.165, 1.54) is 12.1 Å². The van der Waals surface area contributed by atoms with E-state index in [-0.39, 0.29) is 11.6 Å². The SMILES string of the molecule is Cc1cc(C)nc(N2CCC(CNc3ccccc3C(F)(F)F)C2)n1. The van der Waals surface area contributed by atoms with Crippen molar-refractivity contribution in [2.45, 2.75) is 26.4 Å². The largest absolute Gasteiger partial charge is 0.418 e. The van der Waals surface area contributed by atoms with Gasteiger partial charge in [-0.25, -0.2) is 9.97 Å². The number of alkyl halides is 3. The van der Waals surface area contributed by atoms with E-state index in [4.69, 9.17) is 0 Å². The second-order valence-electron chi connectivity index (χ2n) is 6.48. The van der Waals surface area contributed by atoms with Crippen LogP contribution in [0.25, 0.3) is 0 Å². The van der Waals surface area contributed by atoms with Crippen LogP contribution in [-0.4, -0.2) is 29.6 Å². The summed E-state index contributed by atoms with van der Waals surface area (Å²) in [6.45, 7) is 5.91. The molecule has 1 aromatic heterocycles. The molecule has 134 valence electrons. The van der Waals surface area contributed by atoms with Gasteiger partial charge in [-0.15, -0.1) is 0 Å². The van der Waals surface area contributed by atoms with Crippen molar-refractivity contribution < 1.29 is 13.2 Å². The Labute approximate surface area is 145 Å². The number of hydrogen-bond acceptors (Lipinski definition) is 4. The molecule has 25 heavy (non-hydrogen) atoms. The fraction of sp³-hybridized carbons (Fsp3) is 0.444. The highest BCUT2D eigenvalue weighted by atomic mass is 19.4. The van der Waals surface area contributed by atoms with E-state index in [2.05, 4.69) is 20.2 Å². The Hall–Kier alpha value is -2.31. The van der Waals surface area contributed by atoms with E-state index in [1.54, 1.807) is 6.07 Å². The van der Waals surface area contributed by atoms with Crippen LogP contribution in [0.1, 0.15) is 23.4 Å². The molecule has 1 N–H and O–H groups in total. The minimum absolute atomic E-state index is 0.135. The molecule has 2 heterocycles. The Kier molecular flexibility index (Phi) is 4.83. The molecule has 1 unspecified atom stereocenters. The fourth-order valence-electron chi connectivity index (χ4n) is 3.17. The lowest BCUT2D eigenvalue weighted by atomic mass is 10.1. The number of aromatic nitrogens is 2. The minimum Gasteiger partial charge on any atom is -0.384 e. The summed E-state index contributed by atoms with van der Waals surface area (Å²) in [5.41, 5.74) is 1.35. The first-order valence-electron chi connectivity index (χ1n) is 8.30. The maximum atomic E-state index is 13.0. The number of halogens is 3. The van der Waals surface area contributed by atoms with Crippen LogP contribution in [0.3, 0.4) is 0 Å². The molecule has 1 aromatic carbocycles. The average Bonchev–Trinajstić information content (AvgIpc) is 3.00. The van der Waals surface area contributed by atoms with Gasteiger partial charge in [0.1, 0.15) is 0 Å². The molecule has 0 spiro atoms. The molecule has 1 saturated heterocycles. The summed E-state index contributed by atoms with van der Waals surface area (Å²) in [5.74, 6) is 0.960. The molecule has 1 aliphatic heterocycles. The van der Waals surface area contributed by atoms with Gasteiger partial charge in [-0.2, -0.15) is 13.2 Å². The first-order chi connectivity index (χ1) is 11.8. The van der Waals surface area contributed by atoms with Crippen LogP contribution in [0.5, 0.6) is 0 Å². The summed E-state index contributed by atoms with van der Waals surface area (Å²) < 4.78 is 39.1. The third-order valence-electron chi connectivity index (χ3n) is 4.35. The minimum atomic E-state index is -4.35. The molecule has 3 rings (SSSR count). The van der Waals surface area contributed by atoms with Gasteiger partial charge in [0, 0.05) is 36.7 Å². The van der Waals surface area contributed by atoms with Gasteiger partial charge >= 0.3 is 6.18 Å². The third kappa shape index (κ3) is 4.21. The van der Waals surface area contributed by atoms with Gasteiger partial charge in [0.2, 0.25) is 5.95 Å². The molecule has 1 fully saturated rings. The molecule has 0 bridgehead atoms. The maximum Gasteiger partial charge on any atom is 0.418 e. The number of anilines is 2. The molecule has 0 aliphatic carbocycles. The molecular weight excluding hydrogens is 329 g/mol. The molecule has 1 aliphatic rings. The average molecular weight is 350 g/mol. The Morgan fingerprint density at radius 3 is 2.52 bits per heavy atom. The van der Waals surface area contributed by atoms with Crippen molar-refractivity contribution in [1.29, 1.82) is 0 Å². The molecule has 0 amide bonds. The highest BCUT2D eigenvalue weighted by molar-refractivity contribution is 5.52. The van der Waals surface area contributed by atoms with Crippen LogP contribution < -0.4 is 10.2 Å². The van der Waals surface area contributed by atoms with Gasteiger partial charge in [-0.05, 0) is 44.4 Å². The lowest BCUT2D eigenvalue weighted by Crippen LogP contribution is -2.25. The number of rotatable bonds is 4. The molecule has 4 nitrogen and oxygen atoms in total. The van der Waals surface area contributed by atoms with Crippen LogP contribution in [0.4, 0.5) is 24.8 Å². The van der Waals surface area contributed by atoms with Crippen molar-refractivity contribution >= 4 is 11.6 Å². The van der Waals surface area contributed by atoms with Crippen molar-refractivity contribution in [3.63, 3.8) is 0 Å². The van der Waals surface area contributed by atoms with Gasteiger partial charge in [0.05, 0.1) is 5.56 Å². The predicted molar refractivity (Wildman–Crippen MR) is 91.8 cm³/mol. The van der Waals surface area contributed by atoms with Gasteiger partial charge in [-0.1, -0.05) is 12.1 Å². The Morgan fingerprint density at radius 2 is 1.84 bits per heavy atom. The first kappa shape index (κ1) is 17.5. The second-order valence-corrected chi connectivity index (χ2v) is 6.48. The van der Waals surface area contributed by atoms with E-state index in [0.717, 1.165) is 37.0 Å². The van der Waals surface area contributed by atoms with Gasteiger partial charge in [-0.3, -0.25) is 0 Å². The fourth-order valence-corrected chi connectivity index (χ4v) is 3.17. The van der Waals surface area contributed by atoms with E-state index in [1.807, 2.05) is 19.9 Å². The van der Waals surface area contributed by atoms with Crippen LogP contribution in [-0.2, 0) is 6.18 Å². The van der Waals surface area contributed by atoms with Gasteiger partial charge in [0.15, 0.2) is 0 Å². The quantitative estimate of drug-likeness (QED) is 0.903. The molecular formula is C18H21F3N4. The van der Waals surface area contributed by atoms with E-state index in [9.17, 15) is 13.2 Å². The van der Waals surface area contributed by atoms with Gasteiger partial charge < -0.3 is 10.2 Å². The molecule has 1 atom stereocenters. The first-order valence-corrected chi connectivity index (χ1v) is 8.30. The second kappa shape index (κ2) is 6.90. The predicted octanol–water partition coefficient (Wildman–Crippen LogP) is 4.05. The van der Waals surface area contributed by atoms with Crippen molar-refractivity contribution in [3.8, 4) is 0 Å². The van der Waals surface area contributed by atoms with Crippen molar-refractivity contribution in [2.75, 3.05) is 29.9 Å². The summed E-state index contributed by atoms with van der Waals surface area (Å²) in [4.78, 5) is 11.0. The van der Waals surface area contributed by atoms with Crippen LogP contribution >= 0.6 is 0 Å². The number of nitrogens with zero attached hydrogens (tertiary/aromatic N) is 3. The number of para-hydroxylation sites is 1. The number of aryl methyl sites for hydroxylation is 2. The van der Waals surface area contributed by atoms with E-state index < -0.39 is 11.7 Å². The summed E-state index contributed by atoms with van der Waals surface area (Å²) in [7, 11) is 0. The summed E-state index contributed by atoms with van der Waals surface area (Å²) in [5, 5.41) is 2.97. The number of nitrogens with one attached hydrogen (secondary N) is 1. The van der Waals surface area contributed by atoms with Crippen molar-refractivity contribution in [3.05, 3.63) is 47.3 Å². The topological polar surface area (TPSA) is 41.1 Å². The third-order valence-corrected chi connectivity index (χ3v) is 4.35. The van der Waals surface area contributed by atoms with E-state index >= 15 is 0 Å². The van der Waals surface area contributed by atoms with Crippen molar-refractivity contribution in [1.82, 2.24) is 9.97 Å². The molecule has 0 saturated carbocycles. The molecule has 2 aromatic rings. The number of hydrogen-bond donors (Lipinski definition) is 1. The zero-order valence-electron chi connectivity index (χ0n) is 14.3. The number of benzene rings is 1. The highest BCUT2D eigenvalue weighted by Gasteiger charge is 2.33. The zero-order valence-corrected chi connectivity index (χ0v) is 14.3. The zero-order chi connectivity index (χ0) is 18.0. The molecule has 7 heteroatoms. The van der Waals surface area contributed by atoms with E-state index in [0.29, 0.717) is 12.5 Å². The summed E-state index contributed by atoms with van der Waals surface area (Å²) in [6.07, 6.45) is -3.45. The van der Waals surface area contributed by atoms with Crippen LogP contribution in [0.2, 0.25) is 0 Å². The lowest BCUT2D eigenvalue weighted by molar-refractivity contribution is -0.136. The monoisotopic (exact) mass is 350 g/mol. The Balaban J connectivity index is 1.63. The lowest BCUT2D eigenvalue weighted by Gasteiger charge is -2.19. The normalized spacial score (nSPS) is 17.8. The molecule has 0 radical (unpaired) electrons.